The van der Waals surface area contributed by atoms with E-state index in [-0.39, 0.29) is 22.0 Å². The highest BCUT2D eigenvalue weighted by atomic mass is 16.5. The summed E-state index contributed by atoms with van der Waals surface area (Å²) in [5.41, 5.74) is 0.685. The lowest BCUT2D eigenvalue weighted by Gasteiger charge is -2.56. The quantitative estimate of drug-likeness (QED) is 0.664. The molecule has 0 aromatic heterocycles. The van der Waals surface area contributed by atoms with Gasteiger partial charge in [-0.25, -0.2) is 0 Å². The van der Waals surface area contributed by atoms with E-state index in [1.54, 1.807) is 0 Å². The molecule has 0 aliphatic heterocycles. The first-order valence-corrected chi connectivity index (χ1v) is 7.57. The minimum Gasteiger partial charge on any atom is -0.364 e. The molecule has 0 aliphatic rings. The molecule has 0 aliphatic carbocycles. The van der Waals surface area contributed by atoms with Crippen molar-refractivity contribution in [1.82, 2.24) is 0 Å². The summed E-state index contributed by atoms with van der Waals surface area (Å²) in [7, 11) is 0. The van der Waals surface area contributed by atoms with Crippen molar-refractivity contribution in [3.63, 3.8) is 0 Å². The number of hydrogen-bond acceptors (Lipinski definition) is 1. The molecular formula is C19H32O. The van der Waals surface area contributed by atoms with Crippen LogP contribution in [0.2, 0.25) is 0 Å². The average Bonchev–Trinajstić information content (AvgIpc) is 2.22. The van der Waals surface area contributed by atoms with Gasteiger partial charge >= 0.3 is 0 Å². The van der Waals surface area contributed by atoms with Crippen LogP contribution < -0.4 is 0 Å². The third kappa shape index (κ3) is 3.25. The van der Waals surface area contributed by atoms with E-state index in [4.69, 9.17) is 4.74 Å². The van der Waals surface area contributed by atoms with E-state index >= 15 is 0 Å². The molecule has 0 spiro atoms. The van der Waals surface area contributed by atoms with Crippen molar-refractivity contribution in [3.05, 3.63) is 35.9 Å². The lowest BCUT2D eigenvalue weighted by molar-refractivity contribution is -0.241. The SMILES string of the molecule is CC(C)(C)OC(c1ccccc1)(C(C)(C)C)C(C)(C)C. The molecule has 0 N–H and O–H groups in total. The summed E-state index contributed by atoms with van der Waals surface area (Å²) in [4.78, 5) is 0. The standard InChI is InChI=1S/C19H32O/c1-16(2,3)19(17(4,5)6,20-18(7,8)9)15-13-11-10-12-14-15/h10-14H,1-9H3. The molecule has 0 unspecified atom stereocenters. The molecule has 0 saturated carbocycles. The zero-order valence-corrected chi connectivity index (χ0v) is 14.8. The largest absolute Gasteiger partial charge is 0.364 e. The molecular weight excluding hydrogens is 244 g/mol. The fourth-order valence-electron chi connectivity index (χ4n) is 3.49. The maximum atomic E-state index is 6.74. The van der Waals surface area contributed by atoms with Crippen LogP contribution in [0, 0.1) is 10.8 Å². The maximum Gasteiger partial charge on any atom is 0.103 e. The van der Waals surface area contributed by atoms with Crippen LogP contribution in [0.15, 0.2) is 30.3 Å². The zero-order valence-electron chi connectivity index (χ0n) is 14.8. The van der Waals surface area contributed by atoms with Gasteiger partial charge in [0.2, 0.25) is 0 Å². The van der Waals surface area contributed by atoms with Crippen LogP contribution in [0.1, 0.15) is 67.9 Å². The average molecular weight is 276 g/mol. The molecule has 0 heterocycles. The normalized spacial score (nSPS) is 14.4. The first-order valence-electron chi connectivity index (χ1n) is 7.57. The fraction of sp³-hybridized carbons (Fsp3) is 0.684. The lowest BCUT2D eigenvalue weighted by atomic mass is 9.59. The summed E-state index contributed by atoms with van der Waals surface area (Å²) in [6.45, 7) is 20.1. The second kappa shape index (κ2) is 5.18. The van der Waals surface area contributed by atoms with E-state index in [1.165, 1.54) is 5.56 Å². The van der Waals surface area contributed by atoms with Crippen molar-refractivity contribution in [2.45, 2.75) is 73.5 Å². The summed E-state index contributed by atoms with van der Waals surface area (Å²) in [6.07, 6.45) is 0. The van der Waals surface area contributed by atoms with Gasteiger partial charge in [-0.1, -0.05) is 71.9 Å². The van der Waals surface area contributed by atoms with Gasteiger partial charge in [0.1, 0.15) is 5.60 Å². The molecule has 1 rings (SSSR count). The molecule has 1 aromatic rings. The number of ether oxygens (including phenoxy) is 1. The van der Waals surface area contributed by atoms with E-state index < -0.39 is 0 Å². The Hall–Kier alpha value is -0.820. The van der Waals surface area contributed by atoms with Gasteiger partial charge < -0.3 is 4.74 Å². The smallest absolute Gasteiger partial charge is 0.103 e. The van der Waals surface area contributed by atoms with Gasteiger partial charge in [0.15, 0.2) is 0 Å². The molecule has 0 radical (unpaired) electrons. The van der Waals surface area contributed by atoms with Crippen molar-refractivity contribution < 1.29 is 4.74 Å². The van der Waals surface area contributed by atoms with E-state index in [2.05, 4.69) is 92.6 Å². The molecule has 0 fully saturated rings. The monoisotopic (exact) mass is 276 g/mol. The summed E-state index contributed by atoms with van der Waals surface area (Å²) >= 11 is 0. The number of hydrogen-bond donors (Lipinski definition) is 0. The highest BCUT2D eigenvalue weighted by Crippen LogP contribution is 2.55. The molecule has 1 aromatic carbocycles. The molecule has 0 bridgehead atoms. The van der Waals surface area contributed by atoms with E-state index in [0.29, 0.717) is 0 Å². The minimum atomic E-state index is -0.348. The second-order valence-electron chi connectivity index (χ2n) is 8.76. The maximum absolute atomic E-state index is 6.74. The Morgan fingerprint density at radius 1 is 0.650 bits per heavy atom. The first kappa shape index (κ1) is 17.2. The van der Waals surface area contributed by atoms with Gasteiger partial charge in [0, 0.05) is 0 Å². The van der Waals surface area contributed by atoms with Crippen LogP contribution in [-0.2, 0) is 10.3 Å². The Balaban J connectivity index is 3.61. The van der Waals surface area contributed by atoms with Crippen LogP contribution >= 0.6 is 0 Å². The third-order valence-electron chi connectivity index (χ3n) is 3.75. The highest BCUT2D eigenvalue weighted by molar-refractivity contribution is 5.28. The summed E-state index contributed by atoms with van der Waals surface area (Å²) in [5, 5.41) is 0. The third-order valence-corrected chi connectivity index (χ3v) is 3.75. The molecule has 1 nitrogen and oxygen atoms in total. The predicted octanol–water partition coefficient (Wildman–Crippen LogP) is 5.79. The molecule has 0 atom stereocenters. The van der Waals surface area contributed by atoms with Crippen LogP contribution in [0.3, 0.4) is 0 Å². The summed E-state index contributed by atoms with van der Waals surface area (Å²) in [5.74, 6) is 0. The first-order chi connectivity index (χ1) is 8.81. The highest BCUT2D eigenvalue weighted by Gasteiger charge is 2.54. The fourth-order valence-corrected chi connectivity index (χ4v) is 3.49. The molecule has 114 valence electrons. The van der Waals surface area contributed by atoms with Crippen LogP contribution in [-0.4, -0.2) is 5.60 Å². The zero-order chi connectivity index (χ0) is 15.8. The Morgan fingerprint density at radius 2 is 1.05 bits per heavy atom. The summed E-state index contributed by atoms with van der Waals surface area (Å²) < 4.78 is 6.74. The van der Waals surface area contributed by atoms with E-state index in [9.17, 15) is 0 Å². The topological polar surface area (TPSA) is 9.23 Å². The van der Waals surface area contributed by atoms with Crippen molar-refractivity contribution >= 4 is 0 Å². The minimum absolute atomic E-state index is 0.0140. The molecule has 0 saturated heterocycles. The number of rotatable bonds is 2. The van der Waals surface area contributed by atoms with Crippen LogP contribution in [0.25, 0.3) is 0 Å². The predicted molar refractivity (Wildman–Crippen MR) is 87.9 cm³/mol. The van der Waals surface area contributed by atoms with Gasteiger partial charge in [-0.2, -0.15) is 0 Å². The molecule has 20 heavy (non-hydrogen) atoms. The lowest BCUT2D eigenvalue weighted by Crippen LogP contribution is -2.55. The van der Waals surface area contributed by atoms with Crippen LogP contribution in [0.4, 0.5) is 0 Å². The second-order valence-corrected chi connectivity index (χ2v) is 8.76. The van der Waals surface area contributed by atoms with Gasteiger partial charge in [-0.05, 0) is 37.2 Å². The number of benzene rings is 1. The van der Waals surface area contributed by atoms with Crippen molar-refractivity contribution in [1.29, 1.82) is 0 Å². The van der Waals surface area contributed by atoms with Crippen molar-refractivity contribution in [2.24, 2.45) is 10.8 Å². The van der Waals surface area contributed by atoms with Crippen molar-refractivity contribution in [3.8, 4) is 0 Å². The van der Waals surface area contributed by atoms with Crippen molar-refractivity contribution in [2.75, 3.05) is 0 Å². The van der Waals surface area contributed by atoms with E-state index in [1.807, 2.05) is 0 Å². The Bertz CT molecular complexity index is 410. The van der Waals surface area contributed by atoms with Crippen LogP contribution in [0.5, 0.6) is 0 Å². The Kier molecular flexibility index (Phi) is 4.46. The van der Waals surface area contributed by atoms with Gasteiger partial charge in [0.25, 0.3) is 0 Å². The van der Waals surface area contributed by atoms with Gasteiger partial charge in [-0.15, -0.1) is 0 Å². The summed E-state index contributed by atoms with van der Waals surface area (Å²) in [6, 6.07) is 10.7. The van der Waals surface area contributed by atoms with Gasteiger partial charge in [0.05, 0.1) is 5.60 Å². The Labute approximate surface area is 125 Å². The Morgan fingerprint density at radius 3 is 1.35 bits per heavy atom. The molecule has 1 heteroatoms. The molecule has 0 amide bonds. The van der Waals surface area contributed by atoms with E-state index in [0.717, 1.165) is 0 Å². The van der Waals surface area contributed by atoms with Gasteiger partial charge in [-0.3, -0.25) is 0 Å².